The topological polar surface area (TPSA) is 83.5 Å². The number of rotatable bonds is 4. The highest BCUT2D eigenvalue weighted by Crippen LogP contribution is 2.27. The first-order valence-electron chi connectivity index (χ1n) is 6.34. The van der Waals surface area contributed by atoms with Crippen molar-refractivity contribution in [3.63, 3.8) is 0 Å². The number of carboxylic acids is 1. The molecule has 2 rings (SSSR count). The van der Waals surface area contributed by atoms with Crippen molar-refractivity contribution in [2.75, 3.05) is 4.72 Å². The summed E-state index contributed by atoms with van der Waals surface area (Å²) < 4.78 is 27.7. The van der Waals surface area contributed by atoms with Gasteiger partial charge in [0.05, 0.1) is 11.3 Å². The van der Waals surface area contributed by atoms with E-state index in [4.69, 9.17) is 0 Å². The molecule has 0 heterocycles. The molecule has 5 nitrogen and oxygen atoms in total. The van der Waals surface area contributed by atoms with Gasteiger partial charge in [-0.1, -0.05) is 18.2 Å². The molecule has 0 unspecified atom stereocenters. The van der Waals surface area contributed by atoms with Crippen molar-refractivity contribution in [3.8, 4) is 0 Å². The Morgan fingerprint density at radius 2 is 1.86 bits per heavy atom. The molecule has 0 spiro atoms. The Morgan fingerprint density at radius 1 is 1.18 bits per heavy atom. The second-order valence-electron chi connectivity index (χ2n) is 4.84. The summed E-state index contributed by atoms with van der Waals surface area (Å²) in [6.45, 7) is 3.46. The quantitative estimate of drug-likeness (QED) is 0.844. The van der Waals surface area contributed by atoms with Crippen molar-refractivity contribution in [2.45, 2.75) is 18.7 Å². The van der Waals surface area contributed by atoms with E-state index in [0.717, 1.165) is 5.56 Å². The molecule has 0 saturated carbocycles. The maximum Gasteiger partial charge on any atom is 0.338 e. The van der Waals surface area contributed by atoms with E-state index in [9.17, 15) is 18.3 Å². The van der Waals surface area contributed by atoms with E-state index in [1.165, 1.54) is 12.1 Å². The third-order valence-corrected chi connectivity index (χ3v) is 5.45. The number of hydrogen-bond acceptors (Lipinski definition) is 3. The van der Waals surface area contributed by atoms with Crippen molar-refractivity contribution in [1.82, 2.24) is 0 Å². The van der Waals surface area contributed by atoms with Gasteiger partial charge in [0.25, 0.3) is 10.0 Å². The molecule has 0 aliphatic rings. The van der Waals surface area contributed by atoms with Crippen LogP contribution in [0.5, 0.6) is 0 Å². The second kappa shape index (κ2) is 6.10. The predicted molar refractivity (Wildman–Crippen MR) is 87.8 cm³/mol. The molecule has 116 valence electrons. The molecule has 0 radical (unpaired) electrons. The lowest BCUT2D eigenvalue weighted by Crippen LogP contribution is -2.16. The first-order valence-corrected chi connectivity index (χ1v) is 8.62. The molecule has 0 bridgehead atoms. The molecular weight excluding hydrogens is 370 g/mol. The number of carboxylic acid groups (broad SMARTS) is 1. The smallest absolute Gasteiger partial charge is 0.338 e. The summed E-state index contributed by atoms with van der Waals surface area (Å²) in [5, 5.41) is 9.26. The van der Waals surface area contributed by atoms with Gasteiger partial charge in [-0.05, 0) is 59.1 Å². The highest BCUT2D eigenvalue weighted by Gasteiger charge is 2.21. The van der Waals surface area contributed by atoms with E-state index in [1.807, 2.05) is 6.92 Å². The minimum atomic E-state index is -3.89. The molecule has 7 heteroatoms. The van der Waals surface area contributed by atoms with E-state index in [1.54, 1.807) is 31.2 Å². The fourth-order valence-electron chi connectivity index (χ4n) is 2.06. The van der Waals surface area contributed by atoms with E-state index < -0.39 is 16.0 Å². The summed E-state index contributed by atoms with van der Waals surface area (Å²) in [7, 11) is -3.89. The molecule has 0 saturated heterocycles. The van der Waals surface area contributed by atoms with Crippen LogP contribution in [0.2, 0.25) is 0 Å². The van der Waals surface area contributed by atoms with Crippen molar-refractivity contribution in [2.24, 2.45) is 0 Å². The Morgan fingerprint density at radius 3 is 2.45 bits per heavy atom. The SMILES string of the molecule is Cc1ccc(S(=O)(=O)Nc2cccc(C)c2C(=O)O)c(Br)c1. The number of hydrogen-bond donors (Lipinski definition) is 2. The van der Waals surface area contributed by atoms with Gasteiger partial charge in [0.2, 0.25) is 0 Å². The zero-order valence-corrected chi connectivity index (χ0v) is 14.3. The Balaban J connectivity index is 2.50. The Kier molecular flexibility index (Phi) is 4.58. The zero-order chi connectivity index (χ0) is 16.5. The number of halogens is 1. The van der Waals surface area contributed by atoms with Crippen LogP contribution in [0.4, 0.5) is 5.69 Å². The van der Waals surface area contributed by atoms with Crippen molar-refractivity contribution >= 4 is 37.6 Å². The normalized spacial score (nSPS) is 11.2. The standard InChI is InChI=1S/C15H14BrNO4S/c1-9-6-7-13(11(16)8-9)22(20,21)17-12-5-3-4-10(2)14(12)15(18)19/h3-8,17H,1-2H3,(H,18,19). The zero-order valence-electron chi connectivity index (χ0n) is 11.9. The lowest BCUT2D eigenvalue weighted by molar-refractivity contribution is 0.0697. The maximum absolute atomic E-state index is 12.5. The van der Waals surface area contributed by atoms with Crippen LogP contribution in [0.15, 0.2) is 45.8 Å². The molecule has 0 atom stereocenters. The lowest BCUT2D eigenvalue weighted by atomic mass is 10.1. The Bertz CT molecular complexity index is 847. The van der Waals surface area contributed by atoms with Gasteiger partial charge in [0, 0.05) is 4.47 Å². The minimum Gasteiger partial charge on any atom is -0.478 e. The van der Waals surface area contributed by atoms with Gasteiger partial charge in [-0.15, -0.1) is 0 Å². The lowest BCUT2D eigenvalue weighted by Gasteiger charge is -2.13. The minimum absolute atomic E-state index is 0.0416. The third kappa shape index (κ3) is 3.31. The van der Waals surface area contributed by atoms with Gasteiger partial charge in [0.1, 0.15) is 4.90 Å². The van der Waals surface area contributed by atoms with Gasteiger partial charge in [-0.2, -0.15) is 0 Å². The summed E-state index contributed by atoms with van der Waals surface area (Å²) in [6.07, 6.45) is 0. The highest BCUT2D eigenvalue weighted by molar-refractivity contribution is 9.10. The van der Waals surface area contributed by atoms with E-state index in [2.05, 4.69) is 20.7 Å². The number of aromatic carboxylic acids is 1. The number of carbonyl (C=O) groups is 1. The van der Waals surface area contributed by atoms with Crippen molar-refractivity contribution in [1.29, 1.82) is 0 Å². The van der Waals surface area contributed by atoms with Gasteiger partial charge in [-0.3, -0.25) is 4.72 Å². The van der Waals surface area contributed by atoms with Crippen molar-refractivity contribution in [3.05, 3.63) is 57.6 Å². The van der Waals surface area contributed by atoms with Gasteiger partial charge in [-0.25, -0.2) is 13.2 Å². The van der Waals surface area contributed by atoms with Crippen LogP contribution in [-0.2, 0) is 10.0 Å². The average molecular weight is 384 g/mol. The molecule has 0 amide bonds. The number of sulfonamides is 1. The Labute approximate surface area is 137 Å². The number of nitrogens with one attached hydrogen (secondary N) is 1. The van der Waals surface area contributed by atoms with Crippen LogP contribution in [0.1, 0.15) is 21.5 Å². The van der Waals surface area contributed by atoms with Crippen LogP contribution in [0, 0.1) is 13.8 Å². The molecule has 0 aromatic heterocycles. The molecule has 2 aromatic rings. The predicted octanol–water partition coefficient (Wildman–Crippen LogP) is 3.56. The first kappa shape index (κ1) is 16.5. The number of benzene rings is 2. The van der Waals surface area contributed by atoms with Gasteiger partial charge < -0.3 is 5.11 Å². The van der Waals surface area contributed by atoms with Crippen LogP contribution in [0.3, 0.4) is 0 Å². The third-order valence-electron chi connectivity index (χ3n) is 3.11. The monoisotopic (exact) mass is 383 g/mol. The summed E-state index contributed by atoms with van der Waals surface area (Å²) in [5.74, 6) is -1.18. The highest BCUT2D eigenvalue weighted by atomic mass is 79.9. The molecule has 2 aromatic carbocycles. The summed E-state index contributed by atoms with van der Waals surface area (Å²) >= 11 is 3.22. The fourth-order valence-corrected chi connectivity index (χ4v) is 4.33. The fraction of sp³-hybridized carbons (Fsp3) is 0.133. The largest absolute Gasteiger partial charge is 0.478 e. The van der Waals surface area contributed by atoms with Crippen LogP contribution in [0.25, 0.3) is 0 Å². The maximum atomic E-state index is 12.5. The van der Waals surface area contributed by atoms with Crippen molar-refractivity contribution < 1.29 is 18.3 Å². The number of aryl methyl sites for hydroxylation is 2. The average Bonchev–Trinajstić information content (AvgIpc) is 2.36. The molecule has 2 N–H and O–H groups in total. The molecule has 0 aliphatic heterocycles. The van der Waals surface area contributed by atoms with E-state index in [0.29, 0.717) is 10.0 Å². The Hall–Kier alpha value is -1.86. The summed E-state index contributed by atoms with van der Waals surface area (Å²) in [5.41, 5.74) is 1.37. The van der Waals surface area contributed by atoms with Gasteiger partial charge in [0.15, 0.2) is 0 Å². The molecule has 22 heavy (non-hydrogen) atoms. The van der Waals surface area contributed by atoms with E-state index >= 15 is 0 Å². The number of anilines is 1. The van der Waals surface area contributed by atoms with Crippen LogP contribution in [-0.4, -0.2) is 19.5 Å². The van der Waals surface area contributed by atoms with Crippen LogP contribution < -0.4 is 4.72 Å². The van der Waals surface area contributed by atoms with E-state index in [-0.39, 0.29) is 16.1 Å². The molecule has 0 fully saturated rings. The molecule has 0 aliphatic carbocycles. The summed E-state index contributed by atoms with van der Waals surface area (Å²) in [6, 6.07) is 9.47. The summed E-state index contributed by atoms with van der Waals surface area (Å²) in [4.78, 5) is 11.4. The van der Waals surface area contributed by atoms with Gasteiger partial charge >= 0.3 is 5.97 Å². The second-order valence-corrected chi connectivity index (χ2v) is 7.35. The first-order chi connectivity index (χ1) is 10.2. The molecular formula is C15H14BrNO4S. The van der Waals surface area contributed by atoms with Crippen LogP contribution >= 0.6 is 15.9 Å².